The van der Waals surface area contributed by atoms with Crippen LogP contribution in [0.4, 0.5) is 0 Å². The third kappa shape index (κ3) is 3.48. The van der Waals surface area contributed by atoms with E-state index in [1.807, 2.05) is 0 Å². The van der Waals surface area contributed by atoms with Gasteiger partial charge in [-0.05, 0) is 40.0 Å². The van der Waals surface area contributed by atoms with Gasteiger partial charge in [-0.2, -0.15) is 4.31 Å². The molecule has 9 heteroatoms. The van der Waals surface area contributed by atoms with Crippen molar-refractivity contribution in [3.05, 3.63) is 27.7 Å². The van der Waals surface area contributed by atoms with Crippen LogP contribution in [0.3, 0.4) is 0 Å². The van der Waals surface area contributed by atoms with E-state index in [2.05, 4.69) is 15.9 Å². The Morgan fingerprint density at radius 3 is 2.38 bits per heavy atom. The number of aliphatic hydroxyl groups is 1. The van der Waals surface area contributed by atoms with Gasteiger partial charge in [0.25, 0.3) is 0 Å². The van der Waals surface area contributed by atoms with Gasteiger partial charge in [0.2, 0.25) is 10.0 Å². The van der Waals surface area contributed by atoms with Crippen LogP contribution in [0.5, 0.6) is 0 Å². The van der Waals surface area contributed by atoms with Crippen LogP contribution in [0, 0.1) is 6.92 Å². The van der Waals surface area contributed by atoms with Crippen molar-refractivity contribution in [1.82, 2.24) is 4.31 Å². The van der Waals surface area contributed by atoms with Gasteiger partial charge in [0.15, 0.2) is 9.84 Å². The molecule has 1 saturated heterocycles. The zero-order chi connectivity index (χ0) is 15.8. The lowest BCUT2D eigenvalue weighted by molar-refractivity contribution is 0.281. The zero-order valence-corrected chi connectivity index (χ0v) is 14.6. The molecule has 21 heavy (non-hydrogen) atoms. The van der Waals surface area contributed by atoms with Gasteiger partial charge in [0.1, 0.15) is 0 Å². The number of rotatable bonds is 3. The van der Waals surface area contributed by atoms with E-state index in [0.717, 1.165) is 0 Å². The highest BCUT2D eigenvalue weighted by atomic mass is 79.9. The number of sulfonamides is 1. The molecule has 0 saturated carbocycles. The standard InChI is InChI=1S/C12H16BrNO5S2/c1-9-6-10(8-15)7-11(12(9)13)21(18,19)14-2-4-20(16,17)5-3-14/h6-7,15H,2-5,8H2,1H3. The average molecular weight is 398 g/mol. The van der Waals surface area contributed by atoms with Crippen molar-refractivity contribution in [3.63, 3.8) is 0 Å². The number of hydrogen-bond donors (Lipinski definition) is 1. The van der Waals surface area contributed by atoms with Gasteiger partial charge < -0.3 is 5.11 Å². The topological polar surface area (TPSA) is 91.8 Å². The molecule has 0 spiro atoms. The predicted octanol–water partition coefficient (Wildman–Crippen LogP) is 0.669. The van der Waals surface area contributed by atoms with Crippen LogP contribution < -0.4 is 0 Å². The minimum Gasteiger partial charge on any atom is -0.392 e. The molecule has 1 aromatic rings. The molecule has 0 aliphatic carbocycles. The molecule has 1 aromatic carbocycles. The summed E-state index contributed by atoms with van der Waals surface area (Å²) in [6, 6.07) is 3.11. The number of nitrogens with zero attached hydrogens (tertiary/aromatic N) is 1. The van der Waals surface area contributed by atoms with Gasteiger partial charge in [0.05, 0.1) is 23.0 Å². The van der Waals surface area contributed by atoms with Crippen LogP contribution in [0.15, 0.2) is 21.5 Å². The van der Waals surface area contributed by atoms with E-state index in [4.69, 9.17) is 0 Å². The van der Waals surface area contributed by atoms with E-state index in [0.29, 0.717) is 15.6 Å². The molecule has 0 radical (unpaired) electrons. The van der Waals surface area contributed by atoms with E-state index in [1.54, 1.807) is 13.0 Å². The van der Waals surface area contributed by atoms with Crippen LogP contribution >= 0.6 is 15.9 Å². The number of sulfone groups is 1. The molecule has 1 aliphatic rings. The summed E-state index contributed by atoms with van der Waals surface area (Å²) in [5.74, 6) is -0.328. The van der Waals surface area contributed by atoms with Gasteiger partial charge >= 0.3 is 0 Å². The molecule has 1 heterocycles. The summed E-state index contributed by atoms with van der Waals surface area (Å²) in [5, 5.41) is 9.22. The Bertz CT molecular complexity index is 744. The Kier molecular flexibility index (Phi) is 4.79. The third-order valence-electron chi connectivity index (χ3n) is 3.38. The van der Waals surface area contributed by atoms with Gasteiger partial charge in [-0.3, -0.25) is 0 Å². The lowest BCUT2D eigenvalue weighted by Crippen LogP contribution is -2.43. The Balaban J connectivity index is 2.43. The highest BCUT2D eigenvalue weighted by Gasteiger charge is 2.32. The molecule has 0 amide bonds. The first-order valence-corrected chi connectivity index (χ1v) is 10.3. The van der Waals surface area contributed by atoms with Crippen molar-refractivity contribution in [3.8, 4) is 0 Å². The Labute approximate surface area is 132 Å². The largest absolute Gasteiger partial charge is 0.392 e. The second-order valence-electron chi connectivity index (χ2n) is 4.94. The minimum atomic E-state index is -3.79. The van der Waals surface area contributed by atoms with Crippen LogP contribution in [-0.2, 0) is 26.5 Å². The smallest absolute Gasteiger partial charge is 0.244 e. The Morgan fingerprint density at radius 1 is 1.29 bits per heavy atom. The molecule has 0 bridgehead atoms. The second-order valence-corrected chi connectivity index (χ2v) is 9.94. The summed E-state index contributed by atoms with van der Waals surface area (Å²) in [7, 11) is -6.93. The van der Waals surface area contributed by atoms with Gasteiger partial charge in [-0.1, -0.05) is 6.07 Å². The highest BCUT2D eigenvalue weighted by Crippen LogP contribution is 2.30. The number of hydrogen-bond acceptors (Lipinski definition) is 5. The first kappa shape index (κ1) is 16.9. The normalized spacial score (nSPS) is 19.6. The zero-order valence-electron chi connectivity index (χ0n) is 11.4. The van der Waals surface area contributed by atoms with E-state index in [1.165, 1.54) is 10.4 Å². The lowest BCUT2D eigenvalue weighted by Gasteiger charge is -2.26. The van der Waals surface area contributed by atoms with Crippen molar-refractivity contribution in [2.24, 2.45) is 0 Å². The quantitative estimate of drug-likeness (QED) is 0.808. The average Bonchev–Trinajstić information content (AvgIpc) is 2.41. The second kappa shape index (κ2) is 5.96. The Morgan fingerprint density at radius 2 is 1.86 bits per heavy atom. The van der Waals surface area contributed by atoms with Crippen LogP contribution in [0.2, 0.25) is 0 Å². The Hall–Kier alpha value is -0.480. The van der Waals surface area contributed by atoms with Gasteiger partial charge in [-0.25, -0.2) is 16.8 Å². The molecule has 1 aliphatic heterocycles. The number of benzene rings is 1. The molecule has 0 unspecified atom stereocenters. The van der Waals surface area contributed by atoms with Crippen molar-refractivity contribution in [1.29, 1.82) is 0 Å². The summed E-state index contributed by atoms with van der Waals surface area (Å²) < 4.78 is 49.8. The molecule has 6 nitrogen and oxygen atoms in total. The molecule has 118 valence electrons. The van der Waals surface area contributed by atoms with E-state index in [-0.39, 0.29) is 36.1 Å². The molecule has 1 fully saturated rings. The first-order chi connectivity index (χ1) is 9.67. The summed E-state index contributed by atoms with van der Waals surface area (Å²) in [6.07, 6.45) is 0. The highest BCUT2D eigenvalue weighted by molar-refractivity contribution is 9.10. The molecule has 1 N–H and O–H groups in total. The summed E-state index contributed by atoms with van der Waals surface area (Å²) in [4.78, 5) is 0.0610. The number of halogens is 1. The van der Waals surface area contributed by atoms with E-state index in [9.17, 15) is 21.9 Å². The van der Waals surface area contributed by atoms with Crippen molar-refractivity contribution in [2.75, 3.05) is 24.6 Å². The van der Waals surface area contributed by atoms with Crippen molar-refractivity contribution < 1.29 is 21.9 Å². The van der Waals surface area contributed by atoms with E-state index >= 15 is 0 Å². The molecule has 0 atom stereocenters. The van der Waals surface area contributed by atoms with Crippen LogP contribution in [0.25, 0.3) is 0 Å². The lowest BCUT2D eigenvalue weighted by atomic mass is 10.1. The third-order valence-corrected chi connectivity index (χ3v) is 8.23. The summed E-state index contributed by atoms with van der Waals surface area (Å²) in [5.41, 5.74) is 1.20. The molecule has 2 rings (SSSR count). The number of aryl methyl sites for hydroxylation is 1. The van der Waals surface area contributed by atoms with E-state index < -0.39 is 19.9 Å². The van der Waals surface area contributed by atoms with Gasteiger partial charge in [-0.15, -0.1) is 0 Å². The summed E-state index contributed by atoms with van der Waals surface area (Å²) in [6.45, 7) is 1.40. The monoisotopic (exact) mass is 397 g/mol. The first-order valence-electron chi connectivity index (χ1n) is 6.28. The molecule has 0 aromatic heterocycles. The van der Waals surface area contributed by atoms with Crippen molar-refractivity contribution in [2.45, 2.75) is 18.4 Å². The molecular formula is C12H16BrNO5S2. The summed E-state index contributed by atoms with van der Waals surface area (Å²) >= 11 is 3.26. The van der Waals surface area contributed by atoms with Crippen LogP contribution in [0.1, 0.15) is 11.1 Å². The maximum atomic E-state index is 12.7. The SMILES string of the molecule is Cc1cc(CO)cc(S(=O)(=O)N2CCS(=O)(=O)CC2)c1Br. The maximum absolute atomic E-state index is 12.7. The number of aliphatic hydroxyl groups excluding tert-OH is 1. The van der Waals surface area contributed by atoms with Crippen molar-refractivity contribution >= 4 is 35.8 Å². The predicted molar refractivity (Wildman–Crippen MR) is 82.2 cm³/mol. The van der Waals surface area contributed by atoms with Crippen LogP contribution in [-0.4, -0.2) is 50.8 Å². The van der Waals surface area contributed by atoms with Gasteiger partial charge in [0, 0.05) is 17.6 Å². The fraction of sp³-hybridized carbons (Fsp3) is 0.500. The minimum absolute atomic E-state index is 0.0422. The maximum Gasteiger partial charge on any atom is 0.244 e. The fourth-order valence-corrected chi connectivity index (χ4v) is 6.07. The fourth-order valence-electron chi connectivity index (χ4n) is 2.16. The molecular weight excluding hydrogens is 382 g/mol.